The summed E-state index contributed by atoms with van der Waals surface area (Å²) in [6.07, 6.45) is 2.10. The molecule has 0 atom stereocenters. The molecule has 0 bridgehead atoms. The zero-order valence-corrected chi connectivity index (χ0v) is 9.67. The van der Waals surface area contributed by atoms with Crippen LogP contribution in [0.4, 0.5) is 5.95 Å². The third-order valence-electron chi connectivity index (χ3n) is 3.28. The Hall–Kier alpha value is -1.63. The first-order valence-electron chi connectivity index (χ1n) is 5.64. The molecule has 0 radical (unpaired) electrons. The number of aliphatic hydroxyl groups excluding tert-OH is 1. The number of aromatic nitrogens is 3. The number of nitrogens with zero attached hydrogens (tertiary/aromatic N) is 3. The van der Waals surface area contributed by atoms with Crippen molar-refractivity contribution in [2.24, 2.45) is 7.05 Å². The van der Waals surface area contributed by atoms with Gasteiger partial charge < -0.3 is 10.8 Å². The molecule has 1 aliphatic carbocycles. The number of rotatable bonds is 1. The van der Waals surface area contributed by atoms with E-state index in [9.17, 15) is 14.7 Å². The van der Waals surface area contributed by atoms with Crippen molar-refractivity contribution in [1.82, 2.24) is 14.1 Å². The summed E-state index contributed by atoms with van der Waals surface area (Å²) in [7, 11) is 1.48. The second kappa shape index (κ2) is 4.33. The van der Waals surface area contributed by atoms with E-state index in [1.807, 2.05) is 0 Å². The SMILES string of the molecule is Cn1c(N)nc(=O)n(C2CCC(O)CC2)c1=O. The van der Waals surface area contributed by atoms with E-state index in [1.165, 1.54) is 7.05 Å². The van der Waals surface area contributed by atoms with Gasteiger partial charge in [-0.1, -0.05) is 0 Å². The van der Waals surface area contributed by atoms with E-state index in [4.69, 9.17) is 5.73 Å². The summed E-state index contributed by atoms with van der Waals surface area (Å²) in [4.78, 5) is 27.2. The molecule has 7 heteroatoms. The molecule has 94 valence electrons. The zero-order valence-electron chi connectivity index (χ0n) is 9.67. The number of nitrogen functional groups attached to an aromatic ring is 1. The zero-order chi connectivity index (χ0) is 12.6. The van der Waals surface area contributed by atoms with Crippen molar-refractivity contribution < 1.29 is 5.11 Å². The standard InChI is InChI=1S/C10H16N4O3/c1-13-8(11)12-9(16)14(10(13)17)6-2-4-7(15)5-3-6/h6-7,15H,2-5H2,1H3,(H2,11,12,16). The second-order valence-corrected chi connectivity index (χ2v) is 4.43. The van der Waals surface area contributed by atoms with Gasteiger partial charge in [-0.3, -0.25) is 4.57 Å². The highest BCUT2D eigenvalue weighted by atomic mass is 16.3. The molecule has 7 nitrogen and oxygen atoms in total. The van der Waals surface area contributed by atoms with E-state index < -0.39 is 11.4 Å². The molecular formula is C10H16N4O3. The molecule has 1 saturated carbocycles. The minimum atomic E-state index is -0.605. The molecule has 1 aliphatic rings. The number of aliphatic hydroxyl groups is 1. The highest BCUT2D eigenvalue weighted by Crippen LogP contribution is 2.26. The fourth-order valence-electron chi connectivity index (χ4n) is 2.20. The Morgan fingerprint density at radius 3 is 2.47 bits per heavy atom. The van der Waals surface area contributed by atoms with Crippen LogP contribution in [0.2, 0.25) is 0 Å². The first-order chi connectivity index (χ1) is 8.00. The lowest BCUT2D eigenvalue weighted by Crippen LogP contribution is -2.44. The van der Waals surface area contributed by atoms with Crippen LogP contribution in [0.25, 0.3) is 0 Å². The lowest BCUT2D eigenvalue weighted by atomic mass is 9.93. The van der Waals surface area contributed by atoms with E-state index in [0.717, 1.165) is 9.13 Å². The van der Waals surface area contributed by atoms with Crippen LogP contribution in [0.1, 0.15) is 31.7 Å². The quantitative estimate of drug-likeness (QED) is 0.655. The number of anilines is 1. The average molecular weight is 240 g/mol. The van der Waals surface area contributed by atoms with Crippen LogP contribution in [-0.4, -0.2) is 25.3 Å². The lowest BCUT2D eigenvalue weighted by molar-refractivity contribution is 0.108. The van der Waals surface area contributed by atoms with Crippen molar-refractivity contribution in [1.29, 1.82) is 0 Å². The van der Waals surface area contributed by atoms with Crippen LogP contribution in [0.5, 0.6) is 0 Å². The van der Waals surface area contributed by atoms with Gasteiger partial charge in [0.05, 0.1) is 6.10 Å². The van der Waals surface area contributed by atoms with Gasteiger partial charge in [0.2, 0.25) is 5.95 Å². The van der Waals surface area contributed by atoms with E-state index in [0.29, 0.717) is 25.7 Å². The molecule has 0 unspecified atom stereocenters. The predicted octanol–water partition coefficient (Wildman–Crippen LogP) is -1.000. The third kappa shape index (κ3) is 2.10. The Labute approximate surface area is 97.5 Å². The lowest BCUT2D eigenvalue weighted by Gasteiger charge is -2.26. The molecule has 1 heterocycles. The van der Waals surface area contributed by atoms with E-state index in [1.54, 1.807) is 0 Å². The Morgan fingerprint density at radius 1 is 1.29 bits per heavy atom. The maximum Gasteiger partial charge on any atom is 0.355 e. The summed E-state index contributed by atoms with van der Waals surface area (Å²) in [5.41, 5.74) is 4.40. The van der Waals surface area contributed by atoms with Gasteiger partial charge in [-0.15, -0.1) is 0 Å². The van der Waals surface area contributed by atoms with E-state index in [-0.39, 0.29) is 18.1 Å². The molecule has 1 aromatic heterocycles. The molecule has 0 spiro atoms. The summed E-state index contributed by atoms with van der Waals surface area (Å²) < 4.78 is 2.30. The van der Waals surface area contributed by atoms with Crippen molar-refractivity contribution in [3.63, 3.8) is 0 Å². The molecule has 3 N–H and O–H groups in total. The fraction of sp³-hybridized carbons (Fsp3) is 0.700. The van der Waals surface area contributed by atoms with Crippen LogP contribution < -0.4 is 17.1 Å². The largest absolute Gasteiger partial charge is 0.393 e. The normalized spacial score (nSPS) is 24.8. The molecule has 0 aliphatic heterocycles. The highest BCUT2D eigenvalue weighted by molar-refractivity contribution is 5.13. The Kier molecular flexibility index (Phi) is 3.01. The number of hydrogen-bond acceptors (Lipinski definition) is 5. The van der Waals surface area contributed by atoms with Gasteiger partial charge in [-0.25, -0.2) is 14.2 Å². The number of nitrogens with two attached hydrogens (primary N) is 1. The Balaban J connectivity index is 2.43. The van der Waals surface area contributed by atoms with Gasteiger partial charge in [-0.2, -0.15) is 4.98 Å². The minimum Gasteiger partial charge on any atom is -0.393 e. The van der Waals surface area contributed by atoms with Crippen LogP contribution >= 0.6 is 0 Å². The van der Waals surface area contributed by atoms with Gasteiger partial charge in [0.25, 0.3) is 0 Å². The number of hydrogen-bond donors (Lipinski definition) is 2. The van der Waals surface area contributed by atoms with Crippen molar-refractivity contribution in [3.05, 3.63) is 21.0 Å². The molecule has 17 heavy (non-hydrogen) atoms. The molecular weight excluding hydrogens is 224 g/mol. The smallest absolute Gasteiger partial charge is 0.355 e. The minimum absolute atomic E-state index is 0.0768. The summed E-state index contributed by atoms with van der Waals surface area (Å²) >= 11 is 0. The maximum absolute atomic E-state index is 11.9. The summed E-state index contributed by atoms with van der Waals surface area (Å²) in [6.45, 7) is 0. The Bertz CT molecular complexity index is 525. The molecule has 0 amide bonds. The Morgan fingerprint density at radius 2 is 1.88 bits per heavy atom. The van der Waals surface area contributed by atoms with Crippen molar-refractivity contribution in [2.75, 3.05) is 5.73 Å². The second-order valence-electron chi connectivity index (χ2n) is 4.43. The summed E-state index contributed by atoms with van der Waals surface area (Å²) in [5, 5.41) is 9.40. The molecule has 2 rings (SSSR count). The summed E-state index contributed by atoms with van der Waals surface area (Å²) in [6, 6.07) is -0.183. The molecule has 0 saturated heterocycles. The summed E-state index contributed by atoms with van der Waals surface area (Å²) in [5.74, 6) is -0.0768. The maximum atomic E-state index is 11.9. The predicted molar refractivity (Wildman–Crippen MR) is 61.7 cm³/mol. The first-order valence-corrected chi connectivity index (χ1v) is 5.64. The van der Waals surface area contributed by atoms with Crippen molar-refractivity contribution in [3.8, 4) is 0 Å². The highest BCUT2D eigenvalue weighted by Gasteiger charge is 2.24. The average Bonchev–Trinajstić information content (AvgIpc) is 2.29. The van der Waals surface area contributed by atoms with Crippen molar-refractivity contribution in [2.45, 2.75) is 37.8 Å². The molecule has 1 aromatic rings. The van der Waals surface area contributed by atoms with Gasteiger partial charge in [0.1, 0.15) is 0 Å². The van der Waals surface area contributed by atoms with Crippen LogP contribution in [0.15, 0.2) is 9.59 Å². The van der Waals surface area contributed by atoms with Crippen LogP contribution in [0.3, 0.4) is 0 Å². The van der Waals surface area contributed by atoms with Crippen LogP contribution in [-0.2, 0) is 7.05 Å². The van der Waals surface area contributed by atoms with Crippen LogP contribution in [0, 0.1) is 0 Å². The first kappa shape index (κ1) is 11.8. The third-order valence-corrected chi connectivity index (χ3v) is 3.28. The monoisotopic (exact) mass is 240 g/mol. The van der Waals surface area contributed by atoms with Gasteiger partial charge in [0, 0.05) is 13.1 Å². The molecule has 1 fully saturated rings. The molecule has 0 aromatic carbocycles. The van der Waals surface area contributed by atoms with Gasteiger partial charge in [-0.05, 0) is 25.7 Å². The van der Waals surface area contributed by atoms with E-state index in [2.05, 4.69) is 4.98 Å². The fourth-order valence-corrected chi connectivity index (χ4v) is 2.20. The van der Waals surface area contributed by atoms with Crippen molar-refractivity contribution >= 4 is 5.95 Å². The van der Waals surface area contributed by atoms with E-state index >= 15 is 0 Å². The van der Waals surface area contributed by atoms with Gasteiger partial charge >= 0.3 is 11.4 Å². The topological polar surface area (TPSA) is 103 Å². The van der Waals surface area contributed by atoms with Gasteiger partial charge in [0.15, 0.2) is 0 Å².